The van der Waals surface area contributed by atoms with Crippen LogP contribution in [0.15, 0.2) is 24.3 Å². The molecule has 4 heteroatoms. The van der Waals surface area contributed by atoms with Crippen LogP contribution in [0.1, 0.15) is 24.8 Å². The third kappa shape index (κ3) is 2.70. The van der Waals surface area contributed by atoms with Crippen molar-refractivity contribution in [3.8, 4) is 0 Å². The second kappa shape index (κ2) is 5.21. The summed E-state index contributed by atoms with van der Waals surface area (Å²) in [6.45, 7) is 0. The van der Waals surface area contributed by atoms with E-state index in [0.717, 1.165) is 24.6 Å². The van der Waals surface area contributed by atoms with E-state index in [9.17, 15) is 9.18 Å². The lowest BCUT2D eigenvalue weighted by molar-refractivity contribution is -0.131. The summed E-state index contributed by atoms with van der Waals surface area (Å²) in [5.41, 5.74) is 1.48. The minimum Gasteiger partial charge on any atom is -0.478 e. The van der Waals surface area contributed by atoms with E-state index in [1.54, 1.807) is 6.07 Å². The van der Waals surface area contributed by atoms with Gasteiger partial charge in [0.2, 0.25) is 0 Å². The Hall–Kier alpha value is -1.84. The number of carboxylic acids is 1. The third-order valence-corrected chi connectivity index (χ3v) is 3.40. The van der Waals surface area contributed by atoms with Crippen LogP contribution in [0.3, 0.4) is 0 Å². The SMILES string of the molecule is CN(c1ccc(F)cc1/C=C/C(=O)O)C1CCC1. The van der Waals surface area contributed by atoms with Gasteiger partial charge in [0.05, 0.1) is 0 Å². The van der Waals surface area contributed by atoms with E-state index in [0.29, 0.717) is 11.6 Å². The first kappa shape index (κ1) is 12.6. The van der Waals surface area contributed by atoms with Gasteiger partial charge in [-0.3, -0.25) is 0 Å². The van der Waals surface area contributed by atoms with Crippen LogP contribution in [0.25, 0.3) is 6.08 Å². The Morgan fingerprint density at radius 3 is 2.78 bits per heavy atom. The van der Waals surface area contributed by atoms with E-state index in [4.69, 9.17) is 5.11 Å². The summed E-state index contributed by atoms with van der Waals surface area (Å²) < 4.78 is 13.2. The molecular weight excluding hydrogens is 233 g/mol. The largest absolute Gasteiger partial charge is 0.478 e. The number of nitrogens with zero attached hydrogens (tertiary/aromatic N) is 1. The van der Waals surface area contributed by atoms with E-state index < -0.39 is 5.97 Å². The van der Waals surface area contributed by atoms with Crippen LogP contribution in [0.5, 0.6) is 0 Å². The predicted octanol–water partition coefficient (Wildman–Crippen LogP) is 2.91. The summed E-state index contributed by atoms with van der Waals surface area (Å²) in [5.74, 6) is -1.39. The molecule has 0 heterocycles. The molecule has 0 saturated heterocycles. The fourth-order valence-electron chi connectivity index (χ4n) is 2.11. The number of halogens is 1. The molecule has 2 rings (SSSR count). The van der Waals surface area contributed by atoms with Crippen molar-refractivity contribution < 1.29 is 14.3 Å². The van der Waals surface area contributed by atoms with Gasteiger partial charge >= 0.3 is 5.97 Å². The summed E-state index contributed by atoms with van der Waals surface area (Å²) in [5, 5.41) is 8.65. The average Bonchev–Trinajstić information content (AvgIpc) is 2.23. The van der Waals surface area contributed by atoms with Gasteiger partial charge in [0.25, 0.3) is 0 Å². The van der Waals surface area contributed by atoms with E-state index in [1.165, 1.54) is 24.6 Å². The molecule has 1 N–H and O–H groups in total. The van der Waals surface area contributed by atoms with Gasteiger partial charge in [-0.15, -0.1) is 0 Å². The molecule has 1 fully saturated rings. The second-order valence-corrected chi connectivity index (χ2v) is 4.57. The predicted molar refractivity (Wildman–Crippen MR) is 69.1 cm³/mol. The van der Waals surface area contributed by atoms with Crippen LogP contribution in [0.2, 0.25) is 0 Å². The summed E-state index contributed by atoms with van der Waals surface area (Å²) in [7, 11) is 1.97. The first-order valence-corrected chi connectivity index (χ1v) is 6.01. The minimum absolute atomic E-state index is 0.356. The number of rotatable bonds is 4. The summed E-state index contributed by atoms with van der Waals surface area (Å²) in [6, 6.07) is 4.95. The molecule has 96 valence electrons. The molecule has 3 nitrogen and oxygen atoms in total. The Labute approximate surface area is 106 Å². The molecule has 18 heavy (non-hydrogen) atoms. The molecule has 0 spiro atoms. The van der Waals surface area contributed by atoms with Crippen LogP contribution >= 0.6 is 0 Å². The van der Waals surface area contributed by atoms with Gasteiger partial charge in [0.1, 0.15) is 5.82 Å². The smallest absolute Gasteiger partial charge is 0.328 e. The molecule has 1 aliphatic carbocycles. The van der Waals surface area contributed by atoms with Crippen molar-refractivity contribution >= 4 is 17.7 Å². The standard InChI is InChI=1S/C14H16FNO2/c1-16(12-3-2-4-12)13-7-6-11(15)9-10(13)5-8-14(17)18/h5-9,12H,2-4H2,1H3,(H,17,18)/b8-5+. The number of carbonyl (C=O) groups is 1. The molecule has 0 atom stereocenters. The van der Waals surface area contributed by atoms with Gasteiger partial charge in [-0.25, -0.2) is 9.18 Å². The fraction of sp³-hybridized carbons (Fsp3) is 0.357. The highest BCUT2D eigenvalue weighted by Crippen LogP contribution is 2.31. The fourth-order valence-corrected chi connectivity index (χ4v) is 2.11. The van der Waals surface area contributed by atoms with Crippen LogP contribution in [-0.4, -0.2) is 24.2 Å². The van der Waals surface area contributed by atoms with Crippen molar-refractivity contribution in [3.63, 3.8) is 0 Å². The highest BCUT2D eigenvalue weighted by molar-refractivity contribution is 5.87. The van der Waals surface area contributed by atoms with Crippen LogP contribution < -0.4 is 4.90 Å². The molecule has 1 saturated carbocycles. The number of aliphatic carboxylic acids is 1. The van der Waals surface area contributed by atoms with Gasteiger partial charge in [0, 0.05) is 30.4 Å². The lowest BCUT2D eigenvalue weighted by Gasteiger charge is -2.37. The Bertz CT molecular complexity index is 481. The normalized spacial score (nSPS) is 15.7. The molecule has 1 aromatic carbocycles. The monoisotopic (exact) mass is 249 g/mol. The van der Waals surface area contributed by atoms with Crippen molar-refractivity contribution in [1.82, 2.24) is 0 Å². The van der Waals surface area contributed by atoms with Gasteiger partial charge < -0.3 is 10.0 Å². The van der Waals surface area contributed by atoms with Gasteiger partial charge in [0.15, 0.2) is 0 Å². The molecule has 1 aromatic rings. The van der Waals surface area contributed by atoms with Crippen molar-refractivity contribution in [3.05, 3.63) is 35.7 Å². The summed E-state index contributed by atoms with van der Waals surface area (Å²) in [4.78, 5) is 12.6. The molecule has 0 aromatic heterocycles. The first-order valence-electron chi connectivity index (χ1n) is 6.01. The number of benzene rings is 1. The maximum atomic E-state index is 13.2. The van der Waals surface area contributed by atoms with Crippen molar-refractivity contribution in [2.75, 3.05) is 11.9 Å². The lowest BCUT2D eigenvalue weighted by Crippen LogP contribution is -2.37. The van der Waals surface area contributed by atoms with Gasteiger partial charge in [-0.05, 0) is 43.5 Å². The van der Waals surface area contributed by atoms with Crippen LogP contribution in [-0.2, 0) is 4.79 Å². The van der Waals surface area contributed by atoms with Crippen molar-refractivity contribution in [2.45, 2.75) is 25.3 Å². The highest BCUT2D eigenvalue weighted by atomic mass is 19.1. The van der Waals surface area contributed by atoms with Crippen LogP contribution in [0, 0.1) is 5.82 Å². The number of anilines is 1. The quantitative estimate of drug-likeness (QED) is 0.834. The van der Waals surface area contributed by atoms with E-state index in [-0.39, 0.29) is 5.82 Å². The minimum atomic E-state index is -1.03. The van der Waals surface area contributed by atoms with Crippen molar-refractivity contribution in [1.29, 1.82) is 0 Å². The summed E-state index contributed by atoms with van der Waals surface area (Å²) >= 11 is 0. The zero-order valence-electron chi connectivity index (χ0n) is 10.3. The Balaban J connectivity index is 2.30. The Morgan fingerprint density at radius 2 is 2.22 bits per heavy atom. The molecule has 1 aliphatic rings. The molecule has 0 radical (unpaired) electrons. The Kier molecular flexibility index (Phi) is 3.65. The second-order valence-electron chi connectivity index (χ2n) is 4.57. The van der Waals surface area contributed by atoms with E-state index in [1.807, 2.05) is 7.05 Å². The zero-order valence-corrected chi connectivity index (χ0v) is 10.3. The first-order chi connectivity index (χ1) is 8.58. The maximum absolute atomic E-state index is 13.2. The van der Waals surface area contributed by atoms with E-state index in [2.05, 4.69) is 4.90 Å². The molecule has 0 amide bonds. The topological polar surface area (TPSA) is 40.5 Å². The Morgan fingerprint density at radius 1 is 1.50 bits per heavy atom. The molecule has 0 unspecified atom stereocenters. The summed E-state index contributed by atoms with van der Waals surface area (Å²) in [6.07, 6.45) is 5.96. The number of carboxylic acid groups (broad SMARTS) is 1. The highest BCUT2D eigenvalue weighted by Gasteiger charge is 2.23. The van der Waals surface area contributed by atoms with Gasteiger partial charge in [-0.1, -0.05) is 0 Å². The molecular formula is C14H16FNO2. The van der Waals surface area contributed by atoms with Gasteiger partial charge in [-0.2, -0.15) is 0 Å². The number of hydrogen-bond donors (Lipinski definition) is 1. The molecule has 0 bridgehead atoms. The van der Waals surface area contributed by atoms with Crippen molar-refractivity contribution in [2.24, 2.45) is 0 Å². The maximum Gasteiger partial charge on any atom is 0.328 e. The van der Waals surface area contributed by atoms with Crippen LogP contribution in [0.4, 0.5) is 10.1 Å². The molecule has 0 aliphatic heterocycles. The number of hydrogen-bond acceptors (Lipinski definition) is 2. The average molecular weight is 249 g/mol. The lowest BCUT2D eigenvalue weighted by atomic mass is 9.91. The zero-order chi connectivity index (χ0) is 13.1. The van der Waals surface area contributed by atoms with E-state index >= 15 is 0 Å². The third-order valence-electron chi connectivity index (χ3n) is 3.40.